The minimum Gasteiger partial charge on any atom is -0.481 e. The van der Waals surface area contributed by atoms with E-state index >= 15 is 0 Å². The fourth-order valence-corrected chi connectivity index (χ4v) is 1.93. The van der Waals surface area contributed by atoms with Gasteiger partial charge in [-0.25, -0.2) is 4.79 Å². The zero-order valence-electron chi connectivity index (χ0n) is 11.3. The van der Waals surface area contributed by atoms with E-state index in [0.717, 1.165) is 32.2 Å². The van der Waals surface area contributed by atoms with E-state index in [1.807, 2.05) is 11.8 Å². The van der Waals surface area contributed by atoms with Crippen LogP contribution in [0.1, 0.15) is 52.4 Å². The number of unbranched alkanes of at least 4 members (excludes halogenated alkanes) is 1. The number of rotatable bonds is 8. The van der Waals surface area contributed by atoms with Crippen LogP contribution in [0, 0.1) is 0 Å². The van der Waals surface area contributed by atoms with Crippen molar-refractivity contribution in [1.82, 2.24) is 10.2 Å². The number of nitrogens with one attached hydrogen (secondary N) is 1. The Labute approximate surface area is 109 Å². The summed E-state index contributed by atoms with van der Waals surface area (Å²) >= 11 is 0. The molecule has 0 aromatic carbocycles. The summed E-state index contributed by atoms with van der Waals surface area (Å²) in [5.41, 5.74) is 0. The molecule has 0 heterocycles. The SMILES string of the molecule is CCCCN(C(=O)NC(CC)CC(=O)O)C1CC1. The molecule has 1 aliphatic carbocycles. The Morgan fingerprint density at radius 1 is 1.39 bits per heavy atom. The van der Waals surface area contributed by atoms with E-state index in [0.29, 0.717) is 12.5 Å². The van der Waals surface area contributed by atoms with E-state index in [9.17, 15) is 9.59 Å². The van der Waals surface area contributed by atoms with Crippen LogP contribution < -0.4 is 5.32 Å². The lowest BCUT2D eigenvalue weighted by Gasteiger charge is -2.25. The average Bonchev–Trinajstić information content (AvgIpc) is 3.12. The number of carboxylic acid groups (broad SMARTS) is 1. The van der Waals surface area contributed by atoms with Crippen molar-refractivity contribution in [3.8, 4) is 0 Å². The first-order chi connectivity index (χ1) is 8.58. The van der Waals surface area contributed by atoms with Crippen LogP contribution in [0.15, 0.2) is 0 Å². The molecule has 0 saturated heterocycles. The van der Waals surface area contributed by atoms with Crippen molar-refractivity contribution in [3.63, 3.8) is 0 Å². The van der Waals surface area contributed by atoms with E-state index < -0.39 is 5.97 Å². The van der Waals surface area contributed by atoms with E-state index in [2.05, 4.69) is 12.2 Å². The molecule has 0 aliphatic heterocycles. The van der Waals surface area contributed by atoms with Crippen LogP contribution in [0.2, 0.25) is 0 Å². The van der Waals surface area contributed by atoms with Gasteiger partial charge in [0, 0.05) is 18.6 Å². The monoisotopic (exact) mass is 256 g/mol. The molecule has 104 valence electrons. The molecule has 0 radical (unpaired) electrons. The van der Waals surface area contributed by atoms with Crippen LogP contribution in [0.3, 0.4) is 0 Å². The van der Waals surface area contributed by atoms with E-state index in [1.54, 1.807) is 0 Å². The Morgan fingerprint density at radius 3 is 2.50 bits per heavy atom. The molecular weight excluding hydrogens is 232 g/mol. The molecule has 1 saturated carbocycles. The maximum absolute atomic E-state index is 12.1. The third kappa shape index (κ3) is 4.94. The van der Waals surface area contributed by atoms with Crippen molar-refractivity contribution in [2.75, 3.05) is 6.54 Å². The number of aliphatic carboxylic acids is 1. The van der Waals surface area contributed by atoms with Crippen molar-refractivity contribution in [2.24, 2.45) is 0 Å². The maximum atomic E-state index is 12.1. The first-order valence-electron chi connectivity index (χ1n) is 6.87. The Morgan fingerprint density at radius 2 is 2.06 bits per heavy atom. The highest BCUT2D eigenvalue weighted by molar-refractivity contribution is 5.76. The summed E-state index contributed by atoms with van der Waals surface area (Å²) in [5, 5.41) is 11.6. The summed E-state index contributed by atoms with van der Waals surface area (Å²) in [6, 6.07) is 0.0100. The van der Waals surface area contributed by atoms with E-state index in [-0.39, 0.29) is 18.5 Å². The summed E-state index contributed by atoms with van der Waals surface area (Å²) in [6.07, 6.45) is 4.85. The molecule has 0 spiro atoms. The third-order valence-electron chi connectivity index (χ3n) is 3.24. The van der Waals surface area contributed by atoms with Crippen LogP contribution in [0.25, 0.3) is 0 Å². The van der Waals surface area contributed by atoms with Crippen LogP contribution >= 0.6 is 0 Å². The number of urea groups is 1. The Kier molecular flexibility index (Phi) is 5.95. The van der Waals surface area contributed by atoms with Gasteiger partial charge in [-0.3, -0.25) is 4.79 Å². The van der Waals surface area contributed by atoms with Gasteiger partial charge in [0.2, 0.25) is 0 Å². The summed E-state index contributed by atoms with van der Waals surface area (Å²) in [5.74, 6) is -0.867. The summed E-state index contributed by atoms with van der Waals surface area (Å²) in [6.45, 7) is 4.76. The van der Waals surface area contributed by atoms with E-state index in [4.69, 9.17) is 5.11 Å². The highest BCUT2D eigenvalue weighted by Gasteiger charge is 2.32. The molecule has 1 atom stereocenters. The van der Waals surface area contributed by atoms with Gasteiger partial charge in [-0.2, -0.15) is 0 Å². The van der Waals surface area contributed by atoms with E-state index in [1.165, 1.54) is 0 Å². The quantitative estimate of drug-likeness (QED) is 0.699. The molecular formula is C13H24N2O3. The van der Waals surface area contributed by atoms with Gasteiger partial charge in [0.05, 0.1) is 6.42 Å². The van der Waals surface area contributed by atoms with Crippen molar-refractivity contribution in [3.05, 3.63) is 0 Å². The number of carbonyl (C=O) groups is 2. The Hall–Kier alpha value is -1.26. The smallest absolute Gasteiger partial charge is 0.317 e. The summed E-state index contributed by atoms with van der Waals surface area (Å²) in [7, 11) is 0. The predicted molar refractivity (Wildman–Crippen MR) is 69.5 cm³/mol. The molecule has 1 aliphatic rings. The lowest BCUT2D eigenvalue weighted by Crippen LogP contribution is -2.46. The van der Waals surface area contributed by atoms with Gasteiger partial charge >= 0.3 is 12.0 Å². The van der Waals surface area contributed by atoms with Crippen LogP contribution in [0.5, 0.6) is 0 Å². The first kappa shape index (κ1) is 14.8. The fraction of sp³-hybridized carbons (Fsp3) is 0.846. The fourth-order valence-electron chi connectivity index (χ4n) is 1.93. The Balaban J connectivity index is 2.46. The van der Waals surface area contributed by atoms with Gasteiger partial charge in [0.25, 0.3) is 0 Å². The molecule has 5 heteroatoms. The number of nitrogens with zero attached hydrogens (tertiary/aromatic N) is 1. The predicted octanol–water partition coefficient (Wildman–Crippen LogP) is 2.21. The molecule has 0 bridgehead atoms. The standard InChI is InChI=1S/C13H24N2O3/c1-3-5-8-15(11-6-7-11)13(18)14-10(4-2)9-12(16)17/h10-11H,3-9H2,1-2H3,(H,14,18)(H,16,17). The van der Waals surface area contributed by atoms with Gasteiger partial charge in [-0.1, -0.05) is 20.3 Å². The molecule has 0 aromatic heterocycles. The van der Waals surface area contributed by atoms with Crippen molar-refractivity contribution < 1.29 is 14.7 Å². The zero-order valence-corrected chi connectivity index (χ0v) is 11.3. The Bertz CT molecular complexity index is 290. The van der Waals surface area contributed by atoms with Crippen molar-refractivity contribution >= 4 is 12.0 Å². The summed E-state index contributed by atoms with van der Waals surface area (Å²) in [4.78, 5) is 24.6. The first-order valence-corrected chi connectivity index (χ1v) is 6.87. The molecule has 1 rings (SSSR count). The number of carbonyl (C=O) groups excluding carboxylic acids is 1. The lowest BCUT2D eigenvalue weighted by molar-refractivity contribution is -0.137. The normalized spacial score (nSPS) is 16.1. The average molecular weight is 256 g/mol. The zero-order chi connectivity index (χ0) is 13.5. The lowest BCUT2D eigenvalue weighted by atomic mass is 10.1. The van der Waals surface area contributed by atoms with Crippen molar-refractivity contribution in [1.29, 1.82) is 0 Å². The largest absolute Gasteiger partial charge is 0.481 e. The number of hydrogen-bond donors (Lipinski definition) is 2. The van der Waals surface area contributed by atoms with Crippen LogP contribution in [-0.2, 0) is 4.79 Å². The molecule has 1 fully saturated rings. The number of hydrogen-bond acceptors (Lipinski definition) is 2. The number of carboxylic acids is 1. The molecule has 0 aromatic rings. The molecule has 5 nitrogen and oxygen atoms in total. The van der Waals surface area contributed by atoms with Gasteiger partial charge in [-0.15, -0.1) is 0 Å². The topological polar surface area (TPSA) is 69.6 Å². The van der Waals surface area contributed by atoms with Gasteiger partial charge < -0.3 is 15.3 Å². The minimum absolute atomic E-state index is 0.00543. The maximum Gasteiger partial charge on any atom is 0.317 e. The molecule has 18 heavy (non-hydrogen) atoms. The van der Waals surface area contributed by atoms with Crippen LogP contribution in [0.4, 0.5) is 4.79 Å². The minimum atomic E-state index is -0.867. The third-order valence-corrected chi connectivity index (χ3v) is 3.24. The highest BCUT2D eigenvalue weighted by atomic mass is 16.4. The summed E-state index contributed by atoms with van der Waals surface area (Å²) < 4.78 is 0. The second-order valence-corrected chi connectivity index (χ2v) is 4.93. The van der Waals surface area contributed by atoms with Gasteiger partial charge in [-0.05, 0) is 25.7 Å². The van der Waals surface area contributed by atoms with Gasteiger partial charge in [0.1, 0.15) is 0 Å². The van der Waals surface area contributed by atoms with Gasteiger partial charge in [0.15, 0.2) is 0 Å². The van der Waals surface area contributed by atoms with Crippen LogP contribution in [-0.4, -0.2) is 40.6 Å². The molecule has 2 amide bonds. The van der Waals surface area contributed by atoms with Crippen molar-refractivity contribution in [2.45, 2.75) is 64.5 Å². The molecule has 2 N–H and O–H groups in total. The second-order valence-electron chi connectivity index (χ2n) is 4.93. The highest BCUT2D eigenvalue weighted by Crippen LogP contribution is 2.27. The second kappa shape index (κ2) is 7.24. The molecule has 1 unspecified atom stereocenters. The number of amides is 2.